The molecule has 2 rings (SSSR count). The zero-order valence-corrected chi connectivity index (χ0v) is 7.59. The summed E-state index contributed by atoms with van der Waals surface area (Å²) in [5.41, 5.74) is -0.156. The molecule has 0 spiro atoms. The molecule has 0 amide bonds. The predicted octanol–water partition coefficient (Wildman–Crippen LogP) is 0.913. The van der Waals surface area contributed by atoms with Gasteiger partial charge in [0.1, 0.15) is 0 Å². The van der Waals surface area contributed by atoms with Crippen molar-refractivity contribution in [3.63, 3.8) is 0 Å². The third-order valence-corrected chi connectivity index (χ3v) is 2.50. The van der Waals surface area contributed by atoms with Gasteiger partial charge in [-0.25, -0.2) is 4.98 Å². The van der Waals surface area contributed by atoms with Gasteiger partial charge < -0.3 is 0 Å². The van der Waals surface area contributed by atoms with E-state index in [1.807, 2.05) is 0 Å². The second kappa shape index (κ2) is 2.38. The molecule has 0 N–H and O–H groups in total. The Bertz CT molecular complexity index is 448. The van der Waals surface area contributed by atoms with E-state index in [0.717, 1.165) is 0 Å². The first-order valence-electron chi connectivity index (χ1n) is 2.78. The lowest BCUT2D eigenvalue weighted by Gasteiger charge is -1.83. The van der Waals surface area contributed by atoms with Crippen LogP contribution in [0.15, 0.2) is 21.0 Å². The second-order valence-corrected chi connectivity index (χ2v) is 4.06. The molecule has 0 saturated heterocycles. The summed E-state index contributed by atoms with van der Waals surface area (Å²) in [4.78, 5) is 15.6. The van der Waals surface area contributed by atoms with Crippen molar-refractivity contribution in [3.8, 4) is 0 Å². The number of rotatable bonds is 0. The van der Waals surface area contributed by atoms with E-state index in [1.54, 1.807) is 0 Å². The van der Waals surface area contributed by atoms with Crippen LogP contribution in [0.25, 0.3) is 4.96 Å². The Kier molecular flexibility index (Phi) is 1.50. The summed E-state index contributed by atoms with van der Waals surface area (Å²) >= 11 is 4.49. The molecule has 11 heavy (non-hydrogen) atoms. The second-order valence-electron chi connectivity index (χ2n) is 1.83. The molecule has 2 aromatic rings. The van der Waals surface area contributed by atoms with Crippen molar-refractivity contribution in [2.75, 3.05) is 0 Å². The average molecular weight is 232 g/mol. The monoisotopic (exact) mass is 231 g/mol. The lowest BCUT2D eigenvalue weighted by atomic mass is 10.7. The van der Waals surface area contributed by atoms with E-state index in [2.05, 4.69) is 26.0 Å². The molecule has 0 fully saturated rings. The first kappa shape index (κ1) is 6.93. The fourth-order valence-corrected chi connectivity index (χ4v) is 1.92. The molecule has 2 heterocycles. The Morgan fingerprint density at radius 1 is 1.64 bits per heavy atom. The van der Waals surface area contributed by atoms with E-state index < -0.39 is 0 Å². The molecule has 0 aliphatic heterocycles. The fourth-order valence-electron chi connectivity index (χ4n) is 0.720. The van der Waals surface area contributed by atoms with Gasteiger partial charge in [-0.05, 0) is 15.9 Å². The number of hydrogen-bond acceptors (Lipinski definition) is 4. The van der Waals surface area contributed by atoms with Gasteiger partial charge in [0.05, 0.1) is 0 Å². The Morgan fingerprint density at radius 3 is 3.18 bits per heavy atom. The van der Waals surface area contributed by atoms with Crippen LogP contribution in [-0.4, -0.2) is 14.6 Å². The van der Waals surface area contributed by atoms with Gasteiger partial charge in [0.15, 0.2) is 3.92 Å². The summed E-state index contributed by atoms with van der Waals surface area (Å²) in [5, 5.41) is 3.89. The van der Waals surface area contributed by atoms with E-state index in [1.165, 1.54) is 28.1 Å². The van der Waals surface area contributed by atoms with Crippen molar-refractivity contribution < 1.29 is 0 Å². The first-order valence-corrected chi connectivity index (χ1v) is 4.39. The fraction of sp³-hybridized carbons (Fsp3) is 0. The van der Waals surface area contributed by atoms with Crippen molar-refractivity contribution >= 4 is 32.2 Å². The maximum Gasteiger partial charge on any atom is 0.275 e. The Labute approximate surface area is 73.6 Å². The number of fused-ring (bicyclic) bond motifs is 1. The topological polar surface area (TPSA) is 47.3 Å². The first-order chi connectivity index (χ1) is 5.27. The van der Waals surface area contributed by atoms with Crippen molar-refractivity contribution in [1.29, 1.82) is 0 Å². The van der Waals surface area contributed by atoms with E-state index >= 15 is 0 Å². The van der Waals surface area contributed by atoms with Crippen LogP contribution in [0.1, 0.15) is 0 Å². The smallest absolute Gasteiger partial charge is 0.267 e. The number of hydrogen-bond donors (Lipinski definition) is 0. The Balaban J connectivity index is 3.02. The molecule has 0 aliphatic carbocycles. The molecule has 0 atom stereocenters. The minimum Gasteiger partial charge on any atom is -0.267 e. The van der Waals surface area contributed by atoms with Crippen LogP contribution in [0.4, 0.5) is 0 Å². The highest BCUT2D eigenvalue weighted by Crippen LogP contribution is 2.15. The van der Waals surface area contributed by atoms with Crippen molar-refractivity contribution in [2.45, 2.75) is 0 Å². The zero-order valence-electron chi connectivity index (χ0n) is 5.19. The molecule has 0 unspecified atom stereocenters. The lowest BCUT2D eigenvalue weighted by molar-refractivity contribution is 0.889. The van der Waals surface area contributed by atoms with Crippen molar-refractivity contribution in [1.82, 2.24) is 14.6 Å². The Morgan fingerprint density at radius 2 is 2.45 bits per heavy atom. The summed E-state index contributed by atoms with van der Waals surface area (Å²) in [6.45, 7) is 0. The quantitative estimate of drug-likeness (QED) is 0.678. The molecule has 0 bridgehead atoms. The molecule has 0 aromatic carbocycles. The van der Waals surface area contributed by atoms with Gasteiger partial charge in [-0.1, -0.05) is 11.3 Å². The highest BCUT2D eigenvalue weighted by atomic mass is 79.9. The van der Waals surface area contributed by atoms with E-state index in [0.29, 0.717) is 8.88 Å². The minimum atomic E-state index is -0.156. The summed E-state index contributed by atoms with van der Waals surface area (Å²) < 4.78 is 1.92. The van der Waals surface area contributed by atoms with Crippen molar-refractivity contribution in [3.05, 3.63) is 26.5 Å². The van der Waals surface area contributed by atoms with E-state index in [9.17, 15) is 4.79 Å². The van der Waals surface area contributed by atoms with Gasteiger partial charge in [0.25, 0.3) is 5.56 Å². The molecule has 4 nitrogen and oxygen atoms in total. The third-order valence-electron chi connectivity index (χ3n) is 1.15. The summed E-state index contributed by atoms with van der Waals surface area (Å²) in [6.07, 6.45) is 1.47. The number of nitrogens with zero attached hydrogens (tertiary/aromatic N) is 3. The maximum absolute atomic E-state index is 11.0. The van der Waals surface area contributed by atoms with Crippen LogP contribution in [0.2, 0.25) is 0 Å². The van der Waals surface area contributed by atoms with Crippen LogP contribution in [0.3, 0.4) is 0 Å². The van der Waals surface area contributed by atoms with Gasteiger partial charge >= 0.3 is 0 Å². The average Bonchev–Trinajstić information content (AvgIpc) is 2.31. The molecular formula is C5H2BrN3OS. The zero-order chi connectivity index (χ0) is 7.84. The maximum atomic E-state index is 11.0. The standard InChI is InChI=1S/C5H2BrN3OS/c6-4-8-9-3(10)1-2-7-5(9)11-4/h1-2H. The molecule has 0 aliphatic rings. The van der Waals surface area contributed by atoms with Gasteiger partial charge in [-0.2, -0.15) is 4.52 Å². The van der Waals surface area contributed by atoms with Gasteiger partial charge in [0, 0.05) is 12.3 Å². The molecule has 56 valence electrons. The van der Waals surface area contributed by atoms with Gasteiger partial charge in [-0.15, -0.1) is 5.10 Å². The van der Waals surface area contributed by atoms with E-state index in [-0.39, 0.29) is 5.56 Å². The van der Waals surface area contributed by atoms with Crippen LogP contribution in [0, 0.1) is 0 Å². The summed E-state index contributed by atoms with van der Waals surface area (Å²) in [5.74, 6) is 0. The van der Waals surface area contributed by atoms with Gasteiger partial charge in [0.2, 0.25) is 4.96 Å². The van der Waals surface area contributed by atoms with Crippen LogP contribution in [0.5, 0.6) is 0 Å². The third kappa shape index (κ3) is 1.08. The largest absolute Gasteiger partial charge is 0.275 e. The molecule has 0 radical (unpaired) electrons. The summed E-state index contributed by atoms with van der Waals surface area (Å²) in [7, 11) is 0. The van der Waals surface area contributed by atoms with Crippen LogP contribution in [-0.2, 0) is 0 Å². The highest BCUT2D eigenvalue weighted by Gasteiger charge is 2.01. The molecular weight excluding hydrogens is 230 g/mol. The van der Waals surface area contributed by atoms with E-state index in [4.69, 9.17) is 0 Å². The number of halogens is 1. The SMILES string of the molecule is O=c1ccnc2sc(Br)nn12. The Hall–Kier alpha value is -0.750. The normalized spacial score (nSPS) is 10.6. The van der Waals surface area contributed by atoms with Crippen LogP contribution < -0.4 is 5.56 Å². The summed E-state index contributed by atoms with van der Waals surface area (Å²) in [6, 6.07) is 1.37. The van der Waals surface area contributed by atoms with Crippen molar-refractivity contribution in [2.24, 2.45) is 0 Å². The molecule has 0 saturated carbocycles. The highest BCUT2D eigenvalue weighted by molar-refractivity contribution is 9.11. The predicted molar refractivity (Wildman–Crippen MR) is 44.8 cm³/mol. The molecule has 2 aromatic heterocycles. The lowest BCUT2D eigenvalue weighted by Crippen LogP contribution is -2.12. The van der Waals surface area contributed by atoms with Crippen LogP contribution >= 0.6 is 27.3 Å². The minimum absolute atomic E-state index is 0.156. The van der Waals surface area contributed by atoms with Gasteiger partial charge in [-0.3, -0.25) is 4.79 Å². The molecule has 6 heteroatoms. The number of aromatic nitrogens is 3.